The molecule has 1 aliphatic heterocycles. The molecule has 2 rings (SSSR count). The minimum atomic E-state index is -0.640. The van der Waals surface area contributed by atoms with E-state index in [-0.39, 0.29) is 23.7 Å². The summed E-state index contributed by atoms with van der Waals surface area (Å²) in [6.45, 7) is 0.408. The summed E-state index contributed by atoms with van der Waals surface area (Å²) in [4.78, 5) is 47.3. The Balaban J connectivity index is 1.83. The van der Waals surface area contributed by atoms with Gasteiger partial charge in [0.05, 0.1) is 10.5 Å². The highest BCUT2D eigenvalue weighted by molar-refractivity contribution is 5.94. The minimum absolute atomic E-state index is 0.0692. The summed E-state index contributed by atoms with van der Waals surface area (Å²) in [5.74, 6) is -1.22. The first-order valence-corrected chi connectivity index (χ1v) is 8.25. The predicted molar refractivity (Wildman–Crippen MR) is 93.5 cm³/mol. The van der Waals surface area contributed by atoms with Crippen LogP contribution in [0, 0.1) is 10.1 Å². The summed E-state index contributed by atoms with van der Waals surface area (Å²) in [7, 11) is 0. The topological polar surface area (TPSA) is 122 Å². The van der Waals surface area contributed by atoms with Gasteiger partial charge in [-0.05, 0) is 25.0 Å². The van der Waals surface area contributed by atoms with Crippen LogP contribution in [0.5, 0.6) is 0 Å². The molecule has 0 aliphatic carbocycles. The van der Waals surface area contributed by atoms with Crippen molar-refractivity contribution in [3.05, 3.63) is 46.0 Å². The number of benzene rings is 1. The normalized spacial score (nSPS) is 14.8. The molecule has 2 N–H and O–H groups in total. The number of nitrogens with zero attached hydrogens (tertiary/aromatic N) is 2. The highest BCUT2D eigenvalue weighted by Gasteiger charge is 2.19. The van der Waals surface area contributed by atoms with Crippen LogP contribution in [0.15, 0.2) is 30.3 Å². The number of nitro benzene ring substituents is 1. The lowest BCUT2D eigenvalue weighted by atomic mass is 10.1. The van der Waals surface area contributed by atoms with Gasteiger partial charge in [-0.2, -0.15) is 0 Å². The lowest BCUT2D eigenvalue weighted by Gasteiger charge is -2.19. The second kappa shape index (κ2) is 9.30. The van der Waals surface area contributed by atoms with E-state index in [0.717, 1.165) is 25.3 Å². The van der Waals surface area contributed by atoms with Gasteiger partial charge >= 0.3 is 0 Å². The Morgan fingerprint density at radius 2 is 1.96 bits per heavy atom. The van der Waals surface area contributed by atoms with Gasteiger partial charge in [-0.3, -0.25) is 35.3 Å². The second-order valence-electron chi connectivity index (χ2n) is 5.81. The summed E-state index contributed by atoms with van der Waals surface area (Å²) in [5, 5.41) is 10.9. The standard InChI is InChI=1S/C17H20N4O5/c22-15(10-9-13-6-3-4-7-14(13)21(25)26)18-19-16(23)12-20-11-5-1-2-8-17(20)24/h3-4,6-7,9-10H,1-2,5,8,11-12H2,(H,18,22)(H,19,23)/b10-9+. The number of carbonyl (C=O) groups is 3. The van der Waals surface area contributed by atoms with Gasteiger partial charge in [-0.25, -0.2) is 0 Å². The van der Waals surface area contributed by atoms with Crippen molar-refractivity contribution in [2.24, 2.45) is 0 Å². The van der Waals surface area contributed by atoms with Crippen LogP contribution in [0.4, 0.5) is 5.69 Å². The van der Waals surface area contributed by atoms with Crippen molar-refractivity contribution in [1.82, 2.24) is 15.8 Å². The van der Waals surface area contributed by atoms with Crippen molar-refractivity contribution < 1.29 is 19.3 Å². The number of amides is 3. The molecule has 1 fully saturated rings. The van der Waals surface area contributed by atoms with Crippen molar-refractivity contribution in [1.29, 1.82) is 0 Å². The first-order valence-electron chi connectivity index (χ1n) is 8.25. The molecule has 1 aromatic rings. The van der Waals surface area contributed by atoms with Crippen molar-refractivity contribution in [2.75, 3.05) is 13.1 Å². The van der Waals surface area contributed by atoms with Crippen molar-refractivity contribution >= 4 is 29.5 Å². The van der Waals surface area contributed by atoms with E-state index in [0.29, 0.717) is 13.0 Å². The maximum atomic E-state index is 11.9. The van der Waals surface area contributed by atoms with Crippen LogP contribution in [0.3, 0.4) is 0 Å². The van der Waals surface area contributed by atoms with E-state index in [1.165, 1.54) is 29.2 Å². The van der Waals surface area contributed by atoms with Crippen LogP contribution < -0.4 is 10.9 Å². The van der Waals surface area contributed by atoms with E-state index < -0.39 is 16.7 Å². The average molecular weight is 360 g/mol. The number of para-hydroxylation sites is 1. The average Bonchev–Trinajstić information content (AvgIpc) is 2.83. The second-order valence-corrected chi connectivity index (χ2v) is 5.81. The first kappa shape index (κ1) is 19.1. The molecule has 0 atom stereocenters. The lowest BCUT2D eigenvalue weighted by molar-refractivity contribution is -0.385. The number of carbonyl (C=O) groups excluding carboxylic acids is 3. The van der Waals surface area contributed by atoms with Gasteiger partial charge in [0.25, 0.3) is 17.5 Å². The van der Waals surface area contributed by atoms with E-state index in [1.807, 2.05) is 0 Å². The SMILES string of the molecule is O=C(/C=C/c1ccccc1[N+](=O)[O-])NNC(=O)CN1CCCCCC1=O. The van der Waals surface area contributed by atoms with Gasteiger partial charge in [-0.15, -0.1) is 0 Å². The lowest BCUT2D eigenvalue weighted by Crippen LogP contribution is -2.47. The fraction of sp³-hybridized carbons (Fsp3) is 0.353. The Labute approximate surface area is 150 Å². The zero-order chi connectivity index (χ0) is 18.9. The number of hydrazine groups is 1. The third-order valence-electron chi connectivity index (χ3n) is 3.88. The smallest absolute Gasteiger partial charge is 0.276 e. The molecular weight excluding hydrogens is 340 g/mol. The molecule has 0 saturated carbocycles. The summed E-state index contributed by atoms with van der Waals surface area (Å²) in [6, 6.07) is 5.98. The quantitative estimate of drug-likeness (QED) is 0.463. The maximum absolute atomic E-state index is 11.9. The Hall–Kier alpha value is -3.23. The van der Waals surface area contributed by atoms with Gasteiger partial charge in [-0.1, -0.05) is 18.6 Å². The molecular formula is C17H20N4O5. The van der Waals surface area contributed by atoms with Crippen molar-refractivity contribution in [2.45, 2.75) is 25.7 Å². The van der Waals surface area contributed by atoms with E-state index >= 15 is 0 Å². The van der Waals surface area contributed by atoms with Gasteiger partial charge in [0.1, 0.15) is 6.54 Å². The summed E-state index contributed by atoms with van der Waals surface area (Å²) >= 11 is 0. The largest absolute Gasteiger partial charge is 0.333 e. The third-order valence-corrected chi connectivity index (χ3v) is 3.88. The van der Waals surface area contributed by atoms with Crippen LogP contribution in [0.25, 0.3) is 6.08 Å². The summed E-state index contributed by atoms with van der Waals surface area (Å²) in [6.07, 6.45) is 5.43. The summed E-state index contributed by atoms with van der Waals surface area (Å²) < 4.78 is 0. The van der Waals surface area contributed by atoms with Gasteiger partial charge in [0.2, 0.25) is 5.91 Å². The number of likely N-dealkylation sites (tertiary alicyclic amines) is 1. The molecule has 1 aliphatic rings. The maximum Gasteiger partial charge on any atom is 0.276 e. The number of hydrogen-bond acceptors (Lipinski definition) is 5. The number of rotatable bonds is 5. The van der Waals surface area contributed by atoms with Crippen LogP contribution >= 0.6 is 0 Å². The van der Waals surface area contributed by atoms with Crippen LogP contribution in [0.2, 0.25) is 0 Å². The van der Waals surface area contributed by atoms with Crippen LogP contribution in [-0.2, 0) is 14.4 Å². The van der Waals surface area contributed by atoms with Gasteiger partial charge < -0.3 is 4.90 Å². The Morgan fingerprint density at radius 3 is 2.73 bits per heavy atom. The van der Waals surface area contributed by atoms with E-state index in [1.54, 1.807) is 6.07 Å². The Bertz CT molecular complexity index is 732. The van der Waals surface area contributed by atoms with Gasteiger partial charge in [0.15, 0.2) is 0 Å². The fourth-order valence-electron chi connectivity index (χ4n) is 2.55. The number of hydrogen-bond donors (Lipinski definition) is 2. The molecule has 3 amide bonds. The number of nitrogens with one attached hydrogen (secondary N) is 2. The zero-order valence-corrected chi connectivity index (χ0v) is 14.1. The summed E-state index contributed by atoms with van der Waals surface area (Å²) in [5.41, 5.74) is 4.56. The molecule has 1 aromatic carbocycles. The fourth-order valence-corrected chi connectivity index (χ4v) is 2.55. The molecule has 1 heterocycles. The molecule has 0 spiro atoms. The molecule has 0 aromatic heterocycles. The van der Waals surface area contributed by atoms with Crippen LogP contribution in [0.1, 0.15) is 31.2 Å². The minimum Gasteiger partial charge on any atom is -0.333 e. The molecule has 138 valence electrons. The van der Waals surface area contributed by atoms with Gasteiger partial charge in [0, 0.05) is 25.1 Å². The molecule has 0 radical (unpaired) electrons. The molecule has 26 heavy (non-hydrogen) atoms. The molecule has 0 bridgehead atoms. The monoisotopic (exact) mass is 360 g/mol. The highest BCUT2D eigenvalue weighted by atomic mass is 16.6. The molecule has 1 saturated heterocycles. The predicted octanol–water partition coefficient (Wildman–Crippen LogP) is 1.16. The Morgan fingerprint density at radius 1 is 1.19 bits per heavy atom. The zero-order valence-electron chi connectivity index (χ0n) is 14.1. The van der Waals surface area contributed by atoms with E-state index in [9.17, 15) is 24.5 Å². The third kappa shape index (κ3) is 5.69. The first-order chi connectivity index (χ1) is 12.5. The molecule has 9 nitrogen and oxygen atoms in total. The highest BCUT2D eigenvalue weighted by Crippen LogP contribution is 2.18. The van der Waals surface area contributed by atoms with Crippen molar-refractivity contribution in [3.63, 3.8) is 0 Å². The van der Waals surface area contributed by atoms with Crippen molar-refractivity contribution in [3.8, 4) is 0 Å². The molecule has 0 unspecified atom stereocenters. The van der Waals surface area contributed by atoms with Crippen LogP contribution in [-0.4, -0.2) is 40.6 Å². The van der Waals surface area contributed by atoms with E-state index in [2.05, 4.69) is 10.9 Å². The molecule has 9 heteroatoms. The van der Waals surface area contributed by atoms with E-state index in [4.69, 9.17) is 0 Å². The Kier molecular flexibility index (Phi) is 6.84. The number of nitro groups is 1.